The zero-order valence-corrected chi connectivity index (χ0v) is 11.8. The zero-order chi connectivity index (χ0) is 13.2. The van der Waals surface area contributed by atoms with E-state index in [1.807, 2.05) is 0 Å². The van der Waals surface area contributed by atoms with Crippen LogP contribution in [0, 0.1) is 12.8 Å². The third-order valence-corrected chi connectivity index (χ3v) is 4.64. The average Bonchev–Trinajstić information content (AvgIpc) is 3.24. The Balaban J connectivity index is 1.66. The van der Waals surface area contributed by atoms with Crippen molar-refractivity contribution >= 4 is 0 Å². The van der Waals surface area contributed by atoms with Crippen LogP contribution in [0.2, 0.25) is 0 Å². The second kappa shape index (κ2) is 5.64. The molecule has 0 amide bonds. The Hall–Kier alpha value is -0.860. The molecule has 0 spiro atoms. The lowest BCUT2D eigenvalue weighted by molar-refractivity contribution is 0.113. The molecule has 0 saturated heterocycles. The maximum Gasteiger partial charge on any atom is 0.0541 e. The van der Waals surface area contributed by atoms with Gasteiger partial charge in [0, 0.05) is 12.1 Å². The van der Waals surface area contributed by atoms with Crippen LogP contribution in [-0.2, 0) is 0 Å². The summed E-state index contributed by atoms with van der Waals surface area (Å²) in [5, 5.41) is 13.5. The molecule has 2 aliphatic carbocycles. The summed E-state index contributed by atoms with van der Waals surface area (Å²) in [5.41, 5.74) is 2.78. The first-order valence-electron chi connectivity index (χ1n) is 7.73. The molecule has 2 saturated carbocycles. The predicted octanol–water partition coefficient (Wildman–Crippen LogP) is 3.34. The molecule has 1 unspecified atom stereocenters. The van der Waals surface area contributed by atoms with Crippen LogP contribution in [-0.4, -0.2) is 17.3 Å². The van der Waals surface area contributed by atoms with E-state index < -0.39 is 0 Å². The second-order valence-electron chi connectivity index (χ2n) is 6.40. The summed E-state index contributed by atoms with van der Waals surface area (Å²) in [6.45, 7) is 2.14. The van der Waals surface area contributed by atoms with E-state index >= 15 is 0 Å². The first kappa shape index (κ1) is 13.1. The van der Waals surface area contributed by atoms with Gasteiger partial charge in [-0.05, 0) is 56.9 Å². The molecule has 2 aliphatic rings. The highest BCUT2D eigenvalue weighted by atomic mass is 16.3. The molecule has 1 aromatic rings. The molecule has 0 aromatic heterocycles. The maximum atomic E-state index is 9.60. The van der Waals surface area contributed by atoms with Crippen LogP contribution in [0.5, 0.6) is 0 Å². The molecule has 2 heteroatoms. The van der Waals surface area contributed by atoms with Crippen LogP contribution in [0.3, 0.4) is 0 Å². The molecule has 0 radical (unpaired) electrons. The Kier molecular flexibility index (Phi) is 3.90. The molecule has 0 bridgehead atoms. The Bertz CT molecular complexity index is 402. The van der Waals surface area contributed by atoms with E-state index in [1.54, 1.807) is 0 Å². The van der Waals surface area contributed by atoms with E-state index in [4.69, 9.17) is 0 Å². The Morgan fingerprint density at radius 3 is 2.21 bits per heavy atom. The molecular weight excluding hydrogens is 234 g/mol. The lowest BCUT2D eigenvalue weighted by Gasteiger charge is -2.31. The molecule has 1 atom stereocenters. The van der Waals surface area contributed by atoms with Crippen molar-refractivity contribution in [3.05, 3.63) is 35.4 Å². The van der Waals surface area contributed by atoms with Crippen LogP contribution < -0.4 is 5.32 Å². The predicted molar refractivity (Wildman–Crippen MR) is 78.0 cm³/mol. The minimum absolute atomic E-state index is 0.0585. The number of aryl methyl sites for hydroxylation is 1. The number of benzene rings is 1. The zero-order valence-electron chi connectivity index (χ0n) is 11.8. The smallest absolute Gasteiger partial charge is 0.0541 e. The summed E-state index contributed by atoms with van der Waals surface area (Å²) in [4.78, 5) is 0. The van der Waals surface area contributed by atoms with Crippen molar-refractivity contribution in [1.82, 2.24) is 5.32 Å². The molecule has 104 valence electrons. The van der Waals surface area contributed by atoms with Gasteiger partial charge in [-0.3, -0.25) is 0 Å². The van der Waals surface area contributed by atoms with Crippen molar-refractivity contribution in [2.24, 2.45) is 5.92 Å². The van der Waals surface area contributed by atoms with Crippen molar-refractivity contribution in [2.45, 2.75) is 63.6 Å². The summed E-state index contributed by atoms with van der Waals surface area (Å²) in [6, 6.07) is 10.1. The van der Waals surface area contributed by atoms with E-state index in [-0.39, 0.29) is 6.10 Å². The first-order valence-corrected chi connectivity index (χ1v) is 7.73. The first-order chi connectivity index (χ1) is 9.22. The van der Waals surface area contributed by atoms with Crippen LogP contribution in [0.4, 0.5) is 0 Å². The van der Waals surface area contributed by atoms with E-state index in [0.29, 0.717) is 12.1 Å². The quantitative estimate of drug-likeness (QED) is 0.869. The number of aliphatic hydroxyl groups excluding tert-OH is 1. The van der Waals surface area contributed by atoms with Gasteiger partial charge >= 0.3 is 0 Å². The lowest BCUT2D eigenvalue weighted by Crippen LogP contribution is -2.37. The van der Waals surface area contributed by atoms with Gasteiger partial charge in [-0.1, -0.05) is 29.8 Å². The fourth-order valence-corrected chi connectivity index (χ4v) is 3.20. The molecular formula is C17H25NO. The van der Waals surface area contributed by atoms with Gasteiger partial charge in [0.25, 0.3) is 0 Å². The Morgan fingerprint density at radius 2 is 1.63 bits per heavy atom. The van der Waals surface area contributed by atoms with Crippen LogP contribution >= 0.6 is 0 Å². The van der Waals surface area contributed by atoms with Gasteiger partial charge < -0.3 is 10.4 Å². The van der Waals surface area contributed by atoms with Crippen molar-refractivity contribution in [2.75, 3.05) is 0 Å². The SMILES string of the molecule is Cc1ccc(C(NC2CCC(O)CC2)C2CC2)cc1. The maximum absolute atomic E-state index is 9.60. The van der Waals surface area contributed by atoms with Crippen LogP contribution in [0.25, 0.3) is 0 Å². The second-order valence-corrected chi connectivity index (χ2v) is 6.40. The molecule has 2 nitrogen and oxygen atoms in total. The van der Waals surface area contributed by atoms with Gasteiger partial charge in [-0.25, -0.2) is 0 Å². The van der Waals surface area contributed by atoms with Gasteiger partial charge in [0.1, 0.15) is 0 Å². The molecule has 2 N–H and O–H groups in total. The number of hydrogen-bond acceptors (Lipinski definition) is 2. The largest absolute Gasteiger partial charge is 0.393 e. The van der Waals surface area contributed by atoms with Gasteiger partial charge in [0.05, 0.1) is 6.10 Å². The molecule has 1 aromatic carbocycles. The average molecular weight is 259 g/mol. The summed E-state index contributed by atoms with van der Waals surface area (Å²) in [5.74, 6) is 0.828. The van der Waals surface area contributed by atoms with Crippen LogP contribution in [0.1, 0.15) is 55.7 Å². The Labute approximate surface area is 116 Å². The van der Waals surface area contributed by atoms with Gasteiger partial charge in [0.15, 0.2) is 0 Å². The lowest BCUT2D eigenvalue weighted by atomic mass is 9.91. The normalized spacial score (nSPS) is 29.2. The van der Waals surface area contributed by atoms with Crippen molar-refractivity contribution in [3.63, 3.8) is 0 Å². The third kappa shape index (κ3) is 3.37. The third-order valence-electron chi connectivity index (χ3n) is 4.64. The fraction of sp³-hybridized carbons (Fsp3) is 0.647. The van der Waals surface area contributed by atoms with Gasteiger partial charge in [-0.2, -0.15) is 0 Å². The van der Waals surface area contributed by atoms with Crippen molar-refractivity contribution in [3.8, 4) is 0 Å². The topological polar surface area (TPSA) is 32.3 Å². The molecule has 0 aliphatic heterocycles. The van der Waals surface area contributed by atoms with E-state index in [9.17, 15) is 5.11 Å². The van der Waals surface area contributed by atoms with Crippen molar-refractivity contribution in [1.29, 1.82) is 0 Å². The van der Waals surface area contributed by atoms with Gasteiger partial charge in [0.2, 0.25) is 0 Å². The minimum Gasteiger partial charge on any atom is -0.393 e. The summed E-state index contributed by atoms with van der Waals surface area (Å²) in [6.07, 6.45) is 6.83. The van der Waals surface area contributed by atoms with E-state index in [1.165, 1.54) is 24.0 Å². The Morgan fingerprint density at radius 1 is 1.00 bits per heavy atom. The number of hydrogen-bond donors (Lipinski definition) is 2. The standard InChI is InChI=1S/C17H25NO/c1-12-2-4-13(5-3-12)17(14-6-7-14)18-15-8-10-16(19)11-9-15/h2-5,14-19H,6-11H2,1H3. The number of aliphatic hydroxyl groups is 1. The summed E-state index contributed by atoms with van der Waals surface area (Å²) in [7, 11) is 0. The van der Waals surface area contributed by atoms with Crippen LogP contribution in [0.15, 0.2) is 24.3 Å². The van der Waals surface area contributed by atoms with Crippen molar-refractivity contribution < 1.29 is 5.11 Å². The summed E-state index contributed by atoms with van der Waals surface area (Å²) < 4.78 is 0. The van der Waals surface area contributed by atoms with E-state index in [0.717, 1.165) is 31.6 Å². The highest BCUT2D eigenvalue weighted by molar-refractivity contribution is 5.25. The summed E-state index contributed by atoms with van der Waals surface area (Å²) >= 11 is 0. The highest BCUT2D eigenvalue weighted by Crippen LogP contribution is 2.42. The number of nitrogens with one attached hydrogen (secondary N) is 1. The molecule has 0 heterocycles. The molecule has 2 fully saturated rings. The highest BCUT2D eigenvalue weighted by Gasteiger charge is 2.34. The van der Waals surface area contributed by atoms with Gasteiger partial charge in [-0.15, -0.1) is 0 Å². The van der Waals surface area contributed by atoms with E-state index in [2.05, 4.69) is 36.5 Å². The molecule has 3 rings (SSSR count). The molecule has 19 heavy (non-hydrogen) atoms. The minimum atomic E-state index is -0.0585. The monoisotopic (exact) mass is 259 g/mol. The number of rotatable bonds is 4. The fourth-order valence-electron chi connectivity index (χ4n) is 3.20.